The summed E-state index contributed by atoms with van der Waals surface area (Å²) < 4.78 is 23.3. The highest BCUT2D eigenvalue weighted by Gasteiger charge is 2.11. The Hall–Kier alpha value is -1.07. The molecule has 0 aliphatic heterocycles. The zero-order chi connectivity index (χ0) is 13.8. The van der Waals surface area contributed by atoms with Gasteiger partial charge in [-0.1, -0.05) is 6.92 Å². The van der Waals surface area contributed by atoms with Crippen molar-refractivity contribution in [3.63, 3.8) is 0 Å². The fourth-order valence-electron chi connectivity index (χ4n) is 1.80. The Labute approximate surface area is 110 Å². The van der Waals surface area contributed by atoms with Crippen LogP contribution >= 0.6 is 0 Å². The average molecular weight is 270 g/mol. The van der Waals surface area contributed by atoms with Crippen LogP contribution in [0, 0.1) is 0 Å². The largest absolute Gasteiger partial charge is 0.381 e. The van der Waals surface area contributed by atoms with Gasteiger partial charge in [0, 0.05) is 18.3 Å². The van der Waals surface area contributed by atoms with Gasteiger partial charge in [0.2, 0.25) is 0 Å². The van der Waals surface area contributed by atoms with Gasteiger partial charge in [0.15, 0.2) is 9.84 Å². The predicted octanol–water partition coefficient (Wildman–Crippen LogP) is 1.84. The van der Waals surface area contributed by atoms with E-state index in [1.165, 1.54) is 0 Å². The van der Waals surface area contributed by atoms with E-state index >= 15 is 0 Å². The van der Waals surface area contributed by atoms with Crippen LogP contribution in [0.15, 0.2) is 29.2 Å². The van der Waals surface area contributed by atoms with E-state index in [0.717, 1.165) is 12.2 Å². The monoisotopic (exact) mass is 270 g/mol. The normalized spacial score (nSPS) is 13.6. The molecule has 0 amide bonds. The molecule has 1 aromatic rings. The van der Waals surface area contributed by atoms with Crippen molar-refractivity contribution in [3.8, 4) is 0 Å². The number of hydrogen-bond acceptors (Lipinski definition) is 4. The van der Waals surface area contributed by atoms with E-state index in [0.29, 0.717) is 10.9 Å². The summed E-state index contributed by atoms with van der Waals surface area (Å²) in [5.41, 5.74) is 0.944. The second-order valence-electron chi connectivity index (χ2n) is 4.74. The maximum atomic E-state index is 11.7. The Morgan fingerprint density at radius 1 is 1.22 bits per heavy atom. The van der Waals surface area contributed by atoms with Crippen molar-refractivity contribution < 1.29 is 8.42 Å². The Bertz CT molecular complexity index is 466. The zero-order valence-electron chi connectivity index (χ0n) is 11.5. The van der Waals surface area contributed by atoms with E-state index in [1.54, 1.807) is 19.1 Å². The van der Waals surface area contributed by atoms with Gasteiger partial charge < -0.3 is 10.2 Å². The van der Waals surface area contributed by atoms with Crippen LogP contribution in [0.5, 0.6) is 0 Å². The molecular formula is C13H22N2O2S. The number of nitrogens with one attached hydrogen (secondary N) is 1. The van der Waals surface area contributed by atoms with Gasteiger partial charge in [-0.15, -0.1) is 0 Å². The standard InChI is InChI=1S/C13H22N2O2S/c1-5-18(16,17)13-8-6-12(7-9-13)14-11(2)10-15(3)4/h6-9,11,14H,5,10H2,1-4H3. The van der Waals surface area contributed by atoms with Crippen molar-refractivity contribution in [2.45, 2.75) is 24.8 Å². The summed E-state index contributed by atoms with van der Waals surface area (Å²) >= 11 is 0. The molecule has 0 radical (unpaired) electrons. The van der Waals surface area contributed by atoms with Crippen molar-refractivity contribution in [1.82, 2.24) is 4.90 Å². The summed E-state index contributed by atoms with van der Waals surface area (Å²) in [5, 5.41) is 3.33. The molecule has 1 atom stereocenters. The second kappa shape index (κ2) is 6.20. The number of hydrogen-bond donors (Lipinski definition) is 1. The molecule has 0 spiro atoms. The number of rotatable bonds is 6. The van der Waals surface area contributed by atoms with Crippen molar-refractivity contribution >= 4 is 15.5 Å². The molecule has 0 aliphatic rings. The van der Waals surface area contributed by atoms with Crippen LogP contribution in [0.3, 0.4) is 0 Å². The number of likely N-dealkylation sites (N-methyl/N-ethyl adjacent to an activating group) is 1. The van der Waals surface area contributed by atoms with Gasteiger partial charge in [-0.05, 0) is 45.3 Å². The summed E-state index contributed by atoms with van der Waals surface area (Å²) in [6.45, 7) is 4.67. The minimum atomic E-state index is -3.10. The minimum Gasteiger partial charge on any atom is -0.381 e. The molecular weight excluding hydrogens is 248 g/mol. The highest BCUT2D eigenvalue weighted by Crippen LogP contribution is 2.16. The lowest BCUT2D eigenvalue weighted by Gasteiger charge is -2.19. The summed E-state index contributed by atoms with van der Waals surface area (Å²) in [4.78, 5) is 2.49. The molecule has 0 saturated heterocycles. The lowest BCUT2D eigenvalue weighted by atomic mass is 10.2. The van der Waals surface area contributed by atoms with E-state index in [9.17, 15) is 8.42 Å². The molecule has 18 heavy (non-hydrogen) atoms. The van der Waals surface area contributed by atoms with Crippen LogP contribution in [0.25, 0.3) is 0 Å². The Kier molecular flexibility index (Phi) is 5.16. The van der Waals surface area contributed by atoms with Crippen LogP contribution in [0.2, 0.25) is 0 Å². The van der Waals surface area contributed by atoms with Crippen LogP contribution in [-0.2, 0) is 9.84 Å². The van der Waals surface area contributed by atoms with Gasteiger partial charge in [0.05, 0.1) is 10.6 Å². The van der Waals surface area contributed by atoms with E-state index in [4.69, 9.17) is 0 Å². The van der Waals surface area contributed by atoms with E-state index in [-0.39, 0.29) is 5.75 Å². The summed E-state index contributed by atoms with van der Waals surface area (Å²) in [7, 11) is 0.947. The quantitative estimate of drug-likeness (QED) is 0.857. The zero-order valence-corrected chi connectivity index (χ0v) is 12.3. The van der Waals surface area contributed by atoms with Crippen LogP contribution in [0.4, 0.5) is 5.69 Å². The summed E-state index contributed by atoms with van der Waals surface area (Å²) in [5.74, 6) is 0.136. The van der Waals surface area contributed by atoms with Gasteiger partial charge in [-0.2, -0.15) is 0 Å². The lowest BCUT2D eigenvalue weighted by Crippen LogP contribution is -2.29. The van der Waals surface area contributed by atoms with E-state index in [1.807, 2.05) is 26.2 Å². The maximum absolute atomic E-state index is 11.7. The lowest BCUT2D eigenvalue weighted by molar-refractivity contribution is 0.392. The third kappa shape index (κ3) is 4.31. The summed E-state index contributed by atoms with van der Waals surface area (Å²) in [6.07, 6.45) is 0. The van der Waals surface area contributed by atoms with Gasteiger partial charge in [0.25, 0.3) is 0 Å². The third-order valence-electron chi connectivity index (χ3n) is 2.65. The van der Waals surface area contributed by atoms with Crippen LogP contribution in [0.1, 0.15) is 13.8 Å². The van der Waals surface area contributed by atoms with Gasteiger partial charge in [0.1, 0.15) is 0 Å². The van der Waals surface area contributed by atoms with Crippen molar-refractivity contribution in [3.05, 3.63) is 24.3 Å². The van der Waals surface area contributed by atoms with Crippen molar-refractivity contribution in [2.24, 2.45) is 0 Å². The van der Waals surface area contributed by atoms with E-state index in [2.05, 4.69) is 17.1 Å². The van der Waals surface area contributed by atoms with Crippen molar-refractivity contribution in [2.75, 3.05) is 31.7 Å². The fourth-order valence-corrected chi connectivity index (χ4v) is 2.69. The molecule has 1 N–H and O–H groups in total. The molecule has 102 valence electrons. The van der Waals surface area contributed by atoms with E-state index < -0.39 is 9.84 Å². The average Bonchev–Trinajstić information content (AvgIpc) is 2.28. The molecule has 0 aromatic heterocycles. The fraction of sp³-hybridized carbons (Fsp3) is 0.538. The topological polar surface area (TPSA) is 49.4 Å². The molecule has 0 bridgehead atoms. The SMILES string of the molecule is CCS(=O)(=O)c1ccc(NC(C)CN(C)C)cc1. The predicted molar refractivity (Wildman–Crippen MR) is 75.8 cm³/mol. The first kappa shape index (κ1) is 15.0. The number of benzene rings is 1. The Morgan fingerprint density at radius 2 is 1.78 bits per heavy atom. The molecule has 5 heteroatoms. The Morgan fingerprint density at radius 3 is 2.22 bits per heavy atom. The van der Waals surface area contributed by atoms with Gasteiger partial charge in [-0.3, -0.25) is 0 Å². The number of anilines is 1. The molecule has 4 nitrogen and oxygen atoms in total. The molecule has 0 saturated carbocycles. The maximum Gasteiger partial charge on any atom is 0.178 e. The first-order valence-corrected chi connectivity index (χ1v) is 7.74. The molecule has 1 unspecified atom stereocenters. The minimum absolute atomic E-state index is 0.136. The van der Waals surface area contributed by atoms with Gasteiger partial charge >= 0.3 is 0 Å². The molecule has 0 fully saturated rings. The van der Waals surface area contributed by atoms with Crippen molar-refractivity contribution in [1.29, 1.82) is 0 Å². The molecule has 0 heterocycles. The third-order valence-corrected chi connectivity index (χ3v) is 4.40. The van der Waals surface area contributed by atoms with Gasteiger partial charge in [-0.25, -0.2) is 8.42 Å². The highest BCUT2D eigenvalue weighted by molar-refractivity contribution is 7.91. The van der Waals surface area contributed by atoms with Crippen LogP contribution in [-0.4, -0.2) is 45.8 Å². The summed E-state index contributed by atoms with van der Waals surface area (Å²) in [6, 6.07) is 7.25. The molecule has 1 rings (SSSR count). The smallest absolute Gasteiger partial charge is 0.178 e. The molecule has 1 aromatic carbocycles. The van der Waals surface area contributed by atoms with Crippen LogP contribution < -0.4 is 5.32 Å². The Balaban J connectivity index is 2.72. The highest BCUT2D eigenvalue weighted by atomic mass is 32.2. The number of sulfone groups is 1. The molecule has 0 aliphatic carbocycles. The first-order valence-electron chi connectivity index (χ1n) is 6.09. The second-order valence-corrected chi connectivity index (χ2v) is 7.01. The number of nitrogens with zero attached hydrogens (tertiary/aromatic N) is 1. The first-order chi connectivity index (χ1) is 8.35.